The maximum absolute atomic E-state index is 12.7. The summed E-state index contributed by atoms with van der Waals surface area (Å²) in [6, 6.07) is 14.2. The largest absolute Gasteiger partial charge is 0.496 e. The van der Waals surface area contributed by atoms with E-state index in [1.807, 2.05) is 62.0 Å². The van der Waals surface area contributed by atoms with E-state index in [4.69, 9.17) is 4.74 Å². The van der Waals surface area contributed by atoms with Crippen LogP contribution in [0.25, 0.3) is 44.2 Å². The molecule has 1 aliphatic heterocycles. The minimum absolute atomic E-state index is 0.0558. The average Bonchev–Trinajstić information content (AvgIpc) is 3.66. The number of H-pyrrole nitrogens is 1. The monoisotopic (exact) mass is 480 g/mol. The van der Waals surface area contributed by atoms with Gasteiger partial charge in [0, 0.05) is 58.8 Å². The maximum atomic E-state index is 12.7. The molecule has 1 saturated heterocycles. The molecular weight excluding hydrogens is 452 g/mol. The average molecular weight is 481 g/mol. The third-order valence-corrected chi connectivity index (χ3v) is 6.94. The van der Waals surface area contributed by atoms with Crippen molar-refractivity contribution in [3.63, 3.8) is 0 Å². The van der Waals surface area contributed by atoms with E-state index < -0.39 is 0 Å². The smallest absolute Gasteiger partial charge is 0.251 e. The lowest BCUT2D eigenvalue weighted by molar-refractivity contribution is 0.0950. The number of carbonyl (C=O) groups excluding carboxylic acids is 1. The number of aromatic nitrogens is 4. The molecule has 1 fully saturated rings. The van der Waals surface area contributed by atoms with Crippen LogP contribution < -0.4 is 15.4 Å². The number of rotatable bonds is 6. The Bertz CT molecular complexity index is 1560. The van der Waals surface area contributed by atoms with Crippen LogP contribution in [-0.4, -0.2) is 51.9 Å². The highest BCUT2D eigenvalue weighted by atomic mass is 16.5. The van der Waals surface area contributed by atoms with E-state index in [2.05, 4.69) is 31.8 Å². The number of aryl methyl sites for hydroxylation is 1. The second kappa shape index (κ2) is 9.13. The van der Waals surface area contributed by atoms with Crippen molar-refractivity contribution in [1.82, 2.24) is 30.4 Å². The van der Waals surface area contributed by atoms with Crippen LogP contribution >= 0.6 is 0 Å². The number of nitrogens with one attached hydrogen (secondary N) is 3. The number of ether oxygens (including phenoxy) is 1. The molecule has 3 N–H and O–H groups in total. The first-order chi connectivity index (χ1) is 17.6. The number of nitrogens with zero attached hydrogens (tertiary/aromatic N) is 3. The van der Waals surface area contributed by atoms with Crippen molar-refractivity contribution in [3.05, 3.63) is 66.6 Å². The van der Waals surface area contributed by atoms with E-state index in [-0.39, 0.29) is 5.91 Å². The quantitative estimate of drug-likeness (QED) is 0.337. The Morgan fingerprint density at radius 1 is 1.14 bits per heavy atom. The second-order valence-electron chi connectivity index (χ2n) is 9.29. The summed E-state index contributed by atoms with van der Waals surface area (Å²) in [5.41, 5.74) is 6.36. The van der Waals surface area contributed by atoms with Gasteiger partial charge >= 0.3 is 0 Å². The van der Waals surface area contributed by atoms with Gasteiger partial charge in [0.15, 0.2) is 0 Å². The number of benzene rings is 2. The minimum atomic E-state index is -0.0558. The molecule has 5 aromatic rings. The number of methoxy groups -OCH3 is 1. The highest BCUT2D eigenvalue weighted by molar-refractivity contribution is 6.16. The van der Waals surface area contributed by atoms with Crippen LogP contribution in [0.3, 0.4) is 0 Å². The van der Waals surface area contributed by atoms with Gasteiger partial charge in [0.25, 0.3) is 5.91 Å². The number of hydrogen-bond acceptors (Lipinski definition) is 5. The van der Waals surface area contributed by atoms with Crippen molar-refractivity contribution < 1.29 is 9.53 Å². The van der Waals surface area contributed by atoms with Crippen LogP contribution in [0.1, 0.15) is 23.2 Å². The summed E-state index contributed by atoms with van der Waals surface area (Å²) in [6.45, 7) is 1.67. The van der Waals surface area contributed by atoms with Crippen molar-refractivity contribution in [2.24, 2.45) is 7.05 Å². The molecule has 8 nitrogen and oxygen atoms in total. The molecule has 0 aliphatic carbocycles. The van der Waals surface area contributed by atoms with Gasteiger partial charge in [-0.1, -0.05) is 12.1 Å². The first kappa shape index (κ1) is 22.3. The van der Waals surface area contributed by atoms with E-state index in [0.717, 1.165) is 69.3 Å². The van der Waals surface area contributed by atoms with Gasteiger partial charge in [-0.2, -0.15) is 5.10 Å². The number of carbonyl (C=O) groups is 1. The predicted molar refractivity (Wildman–Crippen MR) is 141 cm³/mol. The zero-order valence-corrected chi connectivity index (χ0v) is 20.3. The van der Waals surface area contributed by atoms with Gasteiger partial charge in [-0.15, -0.1) is 0 Å². The van der Waals surface area contributed by atoms with Crippen LogP contribution in [0.4, 0.5) is 0 Å². The standard InChI is InChI=1S/C28H28N6O2/c1-34-16-19(13-32-34)23-12-21-24(15-30-23)33-22-9-10-25(36-2)26(27(21)22)17-5-7-18(8-6-17)28(35)31-14-20-4-3-11-29-20/h5-10,12-13,15-16,20,29,33H,3-4,11,14H2,1-2H3,(H,31,35). The van der Waals surface area contributed by atoms with E-state index in [0.29, 0.717) is 18.2 Å². The number of aromatic amines is 1. The minimum Gasteiger partial charge on any atom is -0.496 e. The van der Waals surface area contributed by atoms with Crippen molar-refractivity contribution in [1.29, 1.82) is 0 Å². The predicted octanol–water partition coefficient (Wildman–Crippen LogP) is 4.27. The lowest BCUT2D eigenvalue weighted by Gasteiger charge is -2.13. The molecule has 1 aliphatic rings. The van der Waals surface area contributed by atoms with Crippen LogP contribution in [0.15, 0.2) is 61.1 Å². The molecule has 8 heteroatoms. The molecule has 0 saturated carbocycles. The molecular formula is C28H28N6O2. The number of hydrogen-bond donors (Lipinski definition) is 3. The summed E-state index contributed by atoms with van der Waals surface area (Å²) in [5.74, 6) is 0.715. The summed E-state index contributed by atoms with van der Waals surface area (Å²) >= 11 is 0. The Labute approximate surface area is 208 Å². The molecule has 0 bridgehead atoms. The van der Waals surface area contributed by atoms with Crippen LogP contribution in [0.5, 0.6) is 5.75 Å². The van der Waals surface area contributed by atoms with Gasteiger partial charge in [0.05, 0.1) is 30.7 Å². The lowest BCUT2D eigenvalue weighted by Crippen LogP contribution is -2.37. The van der Waals surface area contributed by atoms with E-state index in [1.54, 1.807) is 11.8 Å². The molecule has 1 unspecified atom stereocenters. The Kier molecular flexibility index (Phi) is 5.65. The van der Waals surface area contributed by atoms with E-state index in [1.165, 1.54) is 0 Å². The molecule has 6 rings (SSSR count). The SMILES string of the molecule is COc1ccc2[nH]c3cnc(-c4cnn(C)c4)cc3c2c1-c1ccc(C(=O)NCC2CCCN2)cc1. The third kappa shape index (κ3) is 3.99. The second-order valence-corrected chi connectivity index (χ2v) is 9.29. The maximum Gasteiger partial charge on any atom is 0.251 e. The summed E-state index contributed by atoms with van der Waals surface area (Å²) in [7, 11) is 3.58. The van der Waals surface area contributed by atoms with Crippen LogP contribution in [0, 0.1) is 0 Å². The fraction of sp³-hybridized carbons (Fsp3) is 0.250. The molecule has 1 amide bonds. The normalized spacial score (nSPS) is 15.6. The van der Waals surface area contributed by atoms with Gasteiger partial charge in [0.2, 0.25) is 0 Å². The fourth-order valence-corrected chi connectivity index (χ4v) is 5.08. The molecule has 36 heavy (non-hydrogen) atoms. The van der Waals surface area contributed by atoms with Crippen LogP contribution in [-0.2, 0) is 7.05 Å². The number of fused-ring (bicyclic) bond motifs is 3. The number of amides is 1. The third-order valence-electron chi connectivity index (χ3n) is 6.94. The van der Waals surface area contributed by atoms with Gasteiger partial charge < -0.3 is 20.4 Å². The van der Waals surface area contributed by atoms with E-state index >= 15 is 0 Å². The van der Waals surface area contributed by atoms with E-state index in [9.17, 15) is 4.79 Å². The molecule has 182 valence electrons. The highest BCUT2D eigenvalue weighted by Crippen LogP contribution is 2.41. The first-order valence-corrected chi connectivity index (χ1v) is 12.2. The van der Waals surface area contributed by atoms with Gasteiger partial charge in [-0.25, -0.2) is 0 Å². The Balaban J connectivity index is 1.40. The zero-order chi connectivity index (χ0) is 24.6. The Morgan fingerprint density at radius 3 is 2.72 bits per heavy atom. The summed E-state index contributed by atoms with van der Waals surface area (Å²) in [4.78, 5) is 20.8. The van der Waals surface area contributed by atoms with Gasteiger partial charge in [0.1, 0.15) is 5.75 Å². The van der Waals surface area contributed by atoms with Gasteiger partial charge in [-0.3, -0.25) is 14.5 Å². The van der Waals surface area contributed by atoms with Crippen LogP contribution in [0.2, 0.25) is 0 Å². The summed E-state index contributed by atoms with van der Waals surface area (Å²) < 4.78 is 7.56. The Hall–Kier alpha value is -4.17. The lowest BCUT2D eigenvalue weighted by atomic mass is 9.97. The molecule has 0 radical (unpaired) electrons. The highest BCUT2D eigenvalue weighted by Gasteiger charge is 2.18. The molecule has 3 aromatic heterocycles. The summed E-state index contributed by atoms with van der Waals surface area (Å²) in [5, 5.41) is 12.9. The zero-order valence-electron chi connectivity index (χ0n) is 20.3. The molecule has 2 aromatic carbocycles. The van der Waals surface area contributed by atoms with Crippen molar-refractivity contribution in [2.45, 2.75) is 18.9 Å². The first-order valence-electron chi connectivity index (χ1n) is 12.2. The van der Waals surface area contributed by atoms with Gasteiger partial charge in [-0.05, 0) is 55.3 Å². The van der Waals surface area contributed by atoms with Crippen molar-refractivity contribution in [3.8, 4) is 28.1 Å². The van der Waals surface area contributed by atoms with Crippen molar-refractivity contribution >= 4 is 27.7 Å². The molecule has 4 heterocycles. The number of pyridine rings is 1. The van der Waals surface area contributed by atoms with Crippen molar-refractivity contribution in [2.75, 3.05) is 20.2 Å². The topological polar surface area (TPSA) is 96.9 Å². The Morgan fingerprint density at radius 2 is 2.00 bits per heavy atom. The molecule has 1 atom stereocenters. The summed E-state index contributed by atoms with van der Waals surface area (Å²) in [6.07, 6.45) is 7.90. The fourth-order valence-electron chi connectivity index (χ4n) is 5.08. The molecule has 0 spiro atoms.